The minimum Gasteiger partial charge on any atom is -0.390 e. The molecule has 0 spiro atoms. The molecular formula is C12H17BrO3S. The van der Waals surface area contributed by atoms with Crippen LogP contribution >= 0.6 is 27.7 Å². The van der Waals surface area contributed by atoms with Gasteiger partial charge in [0.15, 0.2) is 0 Å². The van der Waals surface area contributed by atoms with E-state index in [1.165, 1.54) is 0 Å². The number of hydrogen-bond acceptors (Lipinski definition) is 4. The number of aliphatic hydroxyl groups excluding tert-OH is 1. The molecule has 96 valence electrons. The second kappa shape index (κ2) is 8.94. The number of benzene rings is 1. The van der Waals surface area contributed by atoms with Gasteiger partial charge in [-0.25, -0.2) is 0 Å². The van der Waals surface area contributed by atoms with Crippen LogP contribution in [-0.4, -0.2) is 43.9 Å². The SMILES string of the molecule is COCCOCC(O)CSc1cccc(Br)c1. The number of methoxy groups -OCH3 is 1. The molecule has 3 nitrogen and oxygen atoms in total. The Bertz CT molecular complexity index is 322. The number of ether oxygens (including phenoxy) is 2. The Morgan fingerprint density at radius 2 is 2.24 bits per heavy atom. The third-order valence-electron chi connectivity index (χ3n) is 1.98. The highest BCUT2D eigenvalue weighted by Crippen LogP contribution is 2.22. The zero-order valence-electron chi connectivity index (χ0n) is 9.77. The van der Waals surface area contributed by atoms with Crippen molar-refractivity contribution in [3.05, 3.63) is 28.7 Å². The molecule has 0 heterocycles. The lowest BCUT2D eigenvalue weighted by Gasteiger charge is -2.10. The summed E-state index contributed by atoms with van der Waals surface area (Å²) < 4.78 is 11.1. The van der Waals surface area contributed by atoms with Crippen LogP contribution in [0.4, 0.5) is 0 Å². The van der Waals surface area contributed by atoms with Crippen LogP contribution in [0.1, 0.15) is 0 Å². The van der Waals surface area contributed by atoms with E-state index in [-0.39, 0.29) is 0 Å². The molecule has 0 bridgehead atoms. The summed E-state index contributed by atoms with van der Waals surface area (Å²) in [4.78, 5) is 1.13. The summed E-state index contributed by atoms with van der Waals surface area (Å²) >= 11 is 5.03. The van der Waals surface area contributed by atoms with Gasteiger partial charge in [0.1, 0.15) is 0 Å². The van der Waals surface area contributed by atoms with E-state index in [0.29, 0.717) is 25.6 Å². The average Bonchev–Trinajstić information content (AvgIpc) is 2.32. The molecule has 0 fully saturated rings. The van der Waals surface area contributed by atoms with Crippen molar-refractivity contribution < 1.29 is 14.6 Å². The minimum absolute atomic E-state index is 0.352. The van der Waals surface area contributed by atoms with Gasteiger partial charge in [-0.15, -0.1) is 11.8 Å². The lowest BCUT2D eigenvalue weighted by atomic mass is 10.4. The summed E-state index contributed by atoms with van der Waals surface area (Å²) in [6.45, 7) is 1.44. The second-order valence-corrected chi connectivity index (χ2v) is 5.50. The van der Waals surface area contributed by atoms with Crippen molar-refractivity contribution in [2.45, 2.75) is 11.0 Å². The first-order valence-electron chi connectivity index (χ1n) is 5.35. The van der Waals surface area contributed by atoms with Crippen LogP contribution in [0.2, 0.25) is 0 Å². The fourth-order valence-electron chi connectivity index (χ4n) is 1.16. The molecule has 0 amide bonds. The van der Waals surface area contributed by atoms with Gasteiger partial charge in [-0.2, -0.15) is 0 Å². The van der Waals surface area contributed by atoms with Crippen LogP contribution < -0.4 is 0 Å². The van der Waals surface area contributed by atoms with E-state index in [0.717, 1.165) is 9.37 Å². The molecule has 0 saturated carbocycles. The molecular weight excluding hydrogens is 304 g/mol. The van der Waals surface area contributed by atoms with Gasteiger partial charge in [0.05, 0.1) is 25.9 Å². The second-order valence-electron chi connectivity index (χ2n) is 3.49. The summed E-state index contributed by atoms with van der Waals surface area (Å²) in [5.41, 5.74) is 0. The quantitative estimate of drug-likeness (QED) is 0.590. The summed E-state index contributed by atoms with van der Waals surface area (Å²) in [6.07, 6.45) is -0.448. The average molecular weight is 321 g/mol. The Hall–Kier alpha value is -0.0700. The maximum atomic E-state index is 9.68. The van der Waals surface area contributed by atoms with Crippen LogP contribution in [0.25, 0.3) is 0 Å². The van der Waals surface area contributed by atoms with Crippen LogP contribution in [-0.2, 0) is 9.47 Å². The predicted molar refractivity (Wildman–Crippen MR) is 73.6 cm³/mol. The van der Waals surface area contributed by atoms with E-state index in [4.69, 9.17) is 9.47 Å². The van der Waals surface area contributed by atoms with Crippen LogP contribution in [0.5, 0.6) is 0 Å². The van der Waals surface area contributed by atoms with Gasteiger partial charge in [-0.3, -0.25) is 0 Å². The summed E-state index contributed by atoms with van der Waals surface area (Å²) in [6, 6.07) is 8.01. The first-order chi connectivity index (χ1) is 8.22. The molecule has 1 aromatic rings. The molecule has 17 heavy (non-hydrogen) atoms. The first-order valence-corrected chi connectivity index (χ1v) is 7.13. The monoisotopic (exact) mass is 320 g/mol. The van der Waals surface area contributed by atoms with Gasteiger partial charge in [0.25, 0.3) is 0 Å². The first kappa shape index (κ1) is 15.0. The van der Waals surface area contributed by atoms with E-state index < -0.39 is 6.10 Å². The van der Waals surface area contributed by atoms with E-state index in [2.05, 4.69) is 15.9 Å². The molecule has 0 aliphatic heterocycles. The van der Waals surface area contributed by atoms with Gasteiger partial charge < -0.3 is 14.6 Å². The normalized spacial score (nSPS) is 12.6. The molecule has 0 saturated heterocycles. The van der Waals surface area contributed by atoms with Gasteiger partial charge in [-0.1, -0.05) is 22.0 Å². The van der Waals surface area contributed by atoms with E-state index in [9.17, 15) is 5.11 Å². The Morgan fingerprint density at radius 3 is 2.94 bits per heavy atom. The highest BCUT2D eigenvalue weighted by molar-refractivity contribution is 9.10. The van der Waals surface area contributed by atoms with Crippen LogP contribution in [0.15, 0.2) is 33.6 Å². The molecule has 0 aromatic heterocycles. The molecule has 1 unspecified atom stereocenters. The highest BCUT2D eigenvalue weighted by atomic mass is 79.9. The Balaban J connectivity index is 2.17. The molecule has 0 aliphatic rings. The smallest absolute Gasteiger partial charge is 0.0867 e. The largest absolute Gasteiger partial charge is 0.390 e. The van der Waals surface area contributed by atoms with Crippen molar-refractivity contribution in [3.63, 3.8) is 0 Å². The third kappa shape index (κ3) is 7.06. The molecule has 0 radical (unpaired) electrons. The highest BCUT2D eigenvalue weighted by Gasteiger charge is 2.05. The topological polar surface area (TPSA) is 38.7 Å². The fraction of sp³-hybridized carbons (Fsp3) is 0.500. The number of rotatable bonds is 8. The third-order valence-corrected chi connectivity index (χ3v) is 3.61. The van der Waals surface area contributed by atoms with Crippen molar-refractivity contribution in [2.75, 3.05) is 32.7 Å². The van der Waals surface area contributed by atoms with Crippen LogP contribution in [0, 0.1) is 0 Å². The van der Waals surface area contributed by atoms with Crippen molar-refractivity contribution in [1.29, 1.82) is 0 Å². The number of hydrogen-bond donors (Lipinski definition) is 1. The van der Waals surface area contributed by atoms with E-state index in [1.54, 1.807) is 18.9 Å². The fourth-order valence-corrected chi connectivity index (χ4v) is 2.58. The molecule has 5 heteroatoms. The zero-order chi connectivity index (χ0) is 12.5. The van der Waals surface area contributed by atoms with Crippen molar-refractivity contribution in [1.82, 2.24) is 0 Å². The predicted octanol–water partition coefficient (Wildman–Crippen LogP) is 2.57. The molecule has 1 rings (SSSR count). The maximum Gasteiger partial charge on any atom is 0.0867 e. The number of aliphatic hydroxyl groups is 1. The van der Waals surface area contributed by atoms with E-state index in [1.807, 2.05) is 24.3 Å². The van der Waals surface area contributed by atoms with Crippen LogP contribution in [0.3, 0.4) is 0 Å². The minimum atomic E-state index is -0.448. The van der Waals surface area contributed by atoms with Gasteiger partial charge in [0.2, 0.25) is 0 Å². The molecule has 1 aromatic carbocycles. The molecule has 1 N–H and O–H groups in total. The molecule has 0 aliphatic carbocycles. The zero-order valence-corrected chi connectivity index (χ0v) is 12.2. The lowest BCUT2D eigenvalue weighted by Crippen LogP contribution is -2.19. The Kier molecular flexibility index (Phi) is 7.88. The summed E-state index contributed by atoms with van der Waals surface area (Å²) in [7, 11) is 1.63. The van der Waals surface area contributed by atoms with Gasteiger partial charge >= 0.3 is 0 Å². The Morgan fingerprint density at radius 1 is 1.41 bits per heavy atom. The Labute approximate surface area is 115 Å². The van der Waals surface area contributed by atoms with Gasteiger partial charge in [-0.05, 0) is 18.2 Å². The number of halogens is 1. The maximum absolute atomic E-state index is 9.68. The standard InChI is InChI=1S/C12H17BrO3S/c1-15-5-6-16-8-11(14)9-17-12-4-2-3-10(13)7-12/h2-4,7,11,14H,5-6,8-9H2,1H3. The number of thioether (sulfide) groups is 1. The van der Waals surface area contributed by atoms with E-state index >= 15 is 0 Å². The lowest BCUT2D eigenvalue weighted by molar-refractivity contribution is 0.0218. The van der Waals surface area contributed by atoms with Crippen molar-refractivity contribution >= 4 is 27.7 Å². The summed E-state index contributed by atoms with van der Waals surface area (Å²) in [5, 5.41) is 9.68. The van der Waals surface area contributed by atoms with Gasteiger partial charge in [0, 0.05) is 22.2 Å². The molecule has 1 atom stereocenters. The van der Waals surface area contributed by atoms with Crippen molar-refractivity contribution in [2.24, 2.45) is 0 Å². The summed E-state index contributed by atoms with van der Waals surface area (Å²) in [5.74, 6) is 0.628. The van der Waals surface area contributed by atoms with Crippen molar-refractivity contribution in [3.8, 4) is 0 Å².